The van der Waals surface area contributed by atoms with Gasteiger partial charge in [0.05, 0.1) is 6.61 Å². The molecule has 1 rings (SSSR count). The molecule has 0 saturated heterocycles. The number of amides is 1. The first-order chi connectivity index (χ1) is 7.96. The van der Waals surface area contributed by atoms with Crippen molar-refractivity contribution in [3.8, 4) is 0 Å². The Morgan fingerprint density at radius 3 is 2.29 bits per heavy atom. The molecule has 94 valence electrons. The molecule has 0 aromatic heterocycles. The van der Waals surface area contributed by atoms with Gasteiger partial charge in [-0.05, 0) is 39.3 Å². The van der Waals surface area contributed by atoms with Crippen molar-refractivity contribution in [2.45, 2.75) is 39.7 Å². The van der Waals surface area contributed by atoms with Gasteiger partial charge in [-0.15, -0.1) is 0 Å². The minimum atomic E-state index is -0.299. The molecule has 0 aliphatic carbocycles. The van der Waals surface area contributed by atoms with Crippen LogP contribution < -0.4 is 4.90 Å². The van der Waals surface area contributed by atoms with Crippen LogP contribution in [-0.4, -0.2) is 18.2 Å². The molecule has 3 heteroatoms. The maximum atomic E-state index is 12.1. The average molecular weight is 235 g/mol. The minimum Gasteiger partial charge on any atom is -0.449 e. The summed E-state index contributed by atoms with van der Waals surface area (Å²) in [7, 11) is 0. The van der Waals surface area contributed by atoms with Gasteiger partial charge in [0.25, 0.3) is 0 Å². The lowest BCUT2D eigenvalue weighted by Gasteiger charge is -2.34. The third kappa shape index (κ3) is 3.77. The summed E-state index contributed by atoms with van der Waals surface area (Å²) in [6, 6.07) is 9.60. The molecule has 1 amide bonds. The highest BCUT2D eigenvalue weighted by atomic mass is 16.6. The first-order valence-corrected chi connectivity index (χ1v) is 5.99. The van der Waals surface area contributed by atoms with Gasteiger partial charge in [-0.2, -0.15) is 0 Å². The Bertz CT molecular complexity index is 354. The van der Waals surface area contributed by atoms with Crippen molar-refractivity contribution in [3.05, 3.63) is 30.3 Å². The number of anilines is 1. The molecular formula is C14H21NO2. The van der Waals surface area contributed by atoms with E-state index in [1.54, 1.807) is 4.90 Å². The SMILES string of the molecule is CCCOC(=O)N(c1ccccc1)C(C)(C)C. The minimum absolute atomic E-state index is 0.287. The van der Waals surface area contributed by atoms with Crippen molar-refractivity contribution < 1.29 is 9.53 Å². The normalized spacial score (nSPS) is 11.1. The van der Waals surface area contributed by atoms with Crippen LogP contribution in [0, 0.1) is 0 Å². The summed E-state index contributed by atoms with van der Waals surface area (Å²) in [6.45, 7) is 8.42. The van der Waals surface area contributed by atoms with Gasteiger partial charge in [0, 0.05) is 11.2 Å². The molecule has 1 aromatic rings. The first kappa shape index (κ1) is 13.6. The van der Waals surface area contributed by atoms with Crippen LogP contribution >= 0.6 is 0 Å². The maximum Gasteiger partial charge on any atom is 0.414 e. The van der Waals surface area contributed by atoms with E-state index in [0.717, 1.165) is 12.1 Å². The highest BCUT2D eigenvalue weighted by molar-refractivity contribution is 5.89. The zero-order valence-electron chi connectivity index (χ0n) is 11.1. The van der Waals surface area contributed by atoms with Crippen LogP contribution in [-0.2, 0) is 4.74 Å². The van der Waals surface area contributed by atoms with E-state index in [0.29, 0.717) is 6.61 Å². The molecule has 3 nitrogen and oxygen atoms in total. The van der Waals surface area contributed by atoms with E-state index in [9.17, 15) is 4.79 Å². The van der Waals surface area contributed by atoms with E-state index in [-0.39, 0.29) is 11.6 Å². The standard InChI is InChI=1S/C14H21NO2/c1-5-11-17-13(16)15(14(2,3)4)12-9-7-6-8-10-12/h6-10H,5,11H2,1-4H3. The van der Waals surface area contributed by atoms with E-state index in [4.69, 9.17) is 4.74 Å². The topological polar surface area (TPSA) is 29.5 Å². The Morgan fingerprint density at radius 1 is 1.24 bits per heavy atom. The summed E-state index contributed by atoms with van der Waals surface area (Å²) in [5, 5.41) is 0. The summed E-state index contributed by atoms with van der Waals surface area (Å²) in [6.07, 6.45) is 0.545. The van der Waals surface area contributed by atoms with Crippen molar-refractivity contribution in [1.29, 1.82) is 0 Å². The number of hydrogen-bond acceptors (Lipinski definition) is 2. The molecule has 1 aromatic carbocycles. The van der Waals surface area contributed by atoms with E-state index in [2.05, 4.69) is 0 Å². The van der Waals surface area contributed by atoms with Crippen LogP contribution in [0.4, 0.5) is 10.5 Å². The Morgan fingerprint density at radius 2 is 1.82 bits per heavy atom. The number of rotatable bonds is 3. The zero-order valence-corrected chi connectivity index (χ0v) is 11.1. The molecule has 0 radical (unpaired) electrons. The third-order valence-corrected chi connectivity index (χ3v) is 2.30. The molecule has 0 N–H and O–H groups in total. The number of nitrogens with zero attached hydrogens (tertiary/aromatic N) is 1. The quantitative estimate of drug-likeness (QED) is 0.796. The predicted molar refractivity (Wildman–Crippen MR) is 70.3 cm³/mol. The van der Waals surface area contributed by atoms with Gasteiger partial charge in [0.2, 0.25) is 0 Å². The first-order valence-electron chi connectivity index (χ1n) is 5.99. The molecule has 0 atom stereocenters. The summed E-state index contributed by atoms with van der Waals surface area (Å²) in [5.74, 6) is 0. The molecule has 0 unspecified atom stereocenters. The summed E-state index contributed by atoms with van der Waals surface area (Å²) >= 11 is 0. The second-order valence-corrected chi connectivity index (χ2v) is 4.96. The van der Waals surface area contributed by atoms with Crippen molar-refractivity contribution in [2.24, 2.45) is 0 Å². The number of hydrogen-bond donors (Lipinski definition) is 0. The van der Waals surface area contributed by atoms with E-state index in [1.807, 2.05) is 58.0 Å². The Balaban J connectivity index is 2.94. The third-order valence-electron chi connectivity index (χ3n) is 2.30. The predicted octanol–water partition coefficient (Wildman–Crippen LogP) is 3.84. The fourth-order valence-electron chi connectivity index (χ4n) is 1.60. The van der Waals surface area contributed by atoms with Gasteiger partial charge in [0.15, 0.2) is 0 Å². The van der Waals surface area contributed by atoms with E-state index < -0.39 is 0 Å². The van der Waals surface area contributed by atoms with Gasteiger partial charge in [0.1, 0.15) is 0 Å². The molecule has 0 heterocycles. The van der Waals surface area contributed by atoms with Gasteiger partial charge < -0.3 is 4.74 Å². The van der Waals surface area contributed by atoms with Crippen LogP contribution in [0.2, 0.25) is 0 Å². The van der Waals surface area contributed by atoms with Crippen molar-refractivity contribution in [2.75, 3.05) is 11.5 Å². The number of para-hydroxylation sites is 1. The highest BCUT2D eigenvalue weighted by Crippen LogP contribution is 2.24. The maximum absolute atomic E-state index is 12.1. The number of carbonyl (C=O) groups is 1. The summed E-state index contributed by atoms with van der Waals surface area (Å²) in [4.78, 5) is 13.7. The Hall–Kier alpha value is -1.51. The molecule has 0 saturated carbocycles. The van der Waals surface area contributed by atoms with Gasteiger partial charge in [-0.25, -0.2) is 4.79 Å². The summed E-state index contributed by atoms with van der Waals surface area (Å²) in [5.41, 5.74) is 0.563. The average Bonchev–Trinajstić information content (AvgIpc) is 2.26. The van der Waals surface area contributed by atoms with Crippen molar-refractivity contribution >= 4 is 11.8 Å². The lowest BCUT2D eigenvalue weighted by molar-refractivity contribution is 0.148. The fourth-order valence-corrected chi connectivity index (χ4v) is 1.60. The van der Waals surface area contributed by atoms with E-state index in [1.165, 1.54) is 0 Å². The molecule has 0 aliphatic rings. The van der Waals surface area contributed by atoms with Crippen molar-refractivity contribution in [1.82, 2.24) is 0 Å². The lowest BCUT2D eigenvalue weighted by atomic mass is 10.1. The van der Waals surface area contributed by atoms with Crippen LogP contribution in [0.3, 0.4) is 0 Å². The van der Waals surface area contributed by atoms with Crippen LogP contribution in [0.1, 0.15) is 34.1 Å². The van der Waals surface area contributed by atoms with Gasteiger partial charge in [-0.1, -0.05) is 25.1 Å². The molecule has 0 aliphatic heterocycles. The Labute approximate surface area is 103 Å². The second kappa shape index (κ2) is 5.71. The van der Waals surface area contributed by atoms with Crippen molar-refractivity contribution in [3.63, 3.8) is 0 Å². The number of carbonyl (C=O) groups excluding carboxylic acids is 1. The zero-order chi connectivity index (χ0) is 12.9. The molecular weight excluding hydrogens is 214 g/mol. The fraction of sp³-hybridized carbons (Fsp3) is 0.500. The second-order valence-electron chi connectivity index (χ2n) is 4.96. The largest absolute Gasteiger partial charge is 0.449 e. The van der Waals surface area contributed by atoms with Crippen LogP contribution in [0.5, 0.6) is 0 Å². The smallest absolute Gasteiger partial charge is 0.414 e. The van der Waals surface area contributed by atoms with Gasteiger partial charge in [-0.3, -0.25) is 4.90 Å². The highest BCUT2D eigenvalue weighted by Gasteiger charge is 2.29. The van der Waals surface area contributed by atoms with Crippen LogP contribution in [0.25, 0.3) is 0 Å². The number of ether oxygens (including phenoxy) is 1. The van der Waals surface area contributed by atoms with E-state index >= 15 is 0 Å². The van der Waals surface area contributed by atoms with Crippen LogP contribution in [0.15, 0.2) is 30.3 Å². The molecule has 17 heavy (non-hydrogen) atoms. The number of benzene rings is 1. The summed E-state index contributed by atoms with van der Waals surface area (Å²) < 4.78 is 5.22. The molecule has 0 fully saturated rings. The van der Waals surface area contributed by atoms with Gasteiger partial charge >= 0.3 is 6.09 Å². The monoisotopic (exact) mass is 235 g/mol. The lowest BCUT2D eigenvalue weighted by Crippen LogP contribution is -2.46. The Kier molecular flexibility index (Phi) is 4.55. The molecule has 0 bridgehead atoms. The molecule has 0 spiro atoms.